The molecule has 2 atom stereocenters. The molecule has 2 unspecified atom stereocenters. The lowest BCUT2D eigenvalue weighted by Gasteiger charge is -2.37. The molecule has 3 nitrogen and oxygen atoms in total. The molecule has 0 amide bonds. The summed E-state index contributed by atoms with van der Waals surface area (Å²) < 4.78 is 5.89. The van der Waals surface area contributed by atoms with Crippen LogP contribution in [-0.4, -0.2) is 36.2 Å². The van der Waals surface area contributed by atoms with E-state index < -0.39 is 0 Å². The third kappa shape index (κ3) is 3.85. The van der Waals surface area contributed by atoms with Gasteiger partial charge < -0.3 is 10.1 Å². The average Bonchev–Trinajstić information content (AvgIpc) is 2.96. The predicted molar refractivity (Wildman–Crippen MR) is 86.2 cm³/mol. The van der Waals surface area contributed by atoms with Crippen LogP contribution in [0.15, 0.2) is 24.3 Å². The number of benzene rings is 1. The highest BCUT2D eigenvalue weighted by atomic mass is 16.5. The minimum Gasteiger partial charge on any atom is -0.375 e. The van der Waals surface area contributed by atoms with Crippen LogP contribution >= 0.6 is 0 Å². The van der Waals surface area contributed by atoms with Crippen molar-refractivity contribution in [2.45, 2.75) is 64.4 Å². The van der Waals surface area contributed by atoms with E-state index in [1.807, 2.05) is 0 Å². The first kappa shape index (κ1) is 15.0. The lowest BCUT2D eigenvalue weighted by Crippen LogP contribution is -2.47. The smallest absolute Gasteiger partial charge is 0.0731 e. The van der Waals surface area contributed by atoms with E-state index in [0.29, 0.717) is 18.2 Å². The van der Waals surface area contributed by atoms with Crippen molar-refractivity contribution >= 4 is 0 Å². The number of hydrogen-bond donors (Lipinski definition) is 1. The SMILES string of the molecule is CC(C)NCc1ccc(CN2CCOC3CCCC32)cc1. The standard InChI is InChI=1S/C18H28N2O/c1-14(2)19-12-15-6-8-16(9-7-15)13-20-10-11-21-18-5-3-4-17(18)20/h6-9,14,17-19H,3-5,10-13H2,1-2H3. The van der Waals surface area contributed by atoms with Gasteiger partial charge in [0.15, 0.2) is 0 Å². The van der Waals surface area contributed by atoms with Crippen LogP contribution in [0.5, 0.6) is 0 Å². The van der Waals surface area contributed by atoms with E-state index >= 15 is 0 Å². The Kier molecular flexibility index (Phi) is 4.94. The van der Waals surface area contributed by atoms with Crippen LogP contribution in [0.3, 0.4) is 0 Å². The molecule has 1 saturated carbocycles. The summed E-state index contributed by atoms with van der Waals surface area (Å²) in [6.07, 6.45) is 4.38. The molecule has 0 bridgehead atoms. The molecule has 21 heavy (non-hydrogen) atoms. The Hall–Kier alpha value is -0.900. The maximum absolute atomic E-state index is 5.89. The van der Waals surface area contributed by atoms with Crippen LogP contribution in [0, 0.1) is 0 Å². The minimum absolute atomic E-state index is 0.494. The number of nitrogens with one attached hydrogen (secondary N) is 1. The normalized spacial score (nSPS) is 26.2. The molecule has 2 fully saturated rings. The van der Waals surface area contributed by atoms with Crippen molar-refractivity contribution in [1.29, 1.82) is 0 Å². The highest BCUT2D eigenvalue weighted by molar-refractivity contribution is 5.22. The van der Waals surface area contributed by atoms with Crippen molar-refractivity contribution in [3.05, 3.63) is 35.4 Å². The van der Waals surface area contributed by atoms with Gasteiger partial charge in [0.25, 0.3) is 0 Å². The second-order valence-corrected chi connectivity index (χ2v) is 6.73. The summed E-state index contributed by atoms with van der Waals surface area (Å²) in [7, 11) is 0. The van der Waals surface area contributed by atoms with E-state index in [4.69, 9.17) is 4.74 Å². The van der Waals surface area contributed by atoms with E-state index in [-0.39, 0.29) is 0 Å². The molecule has 3 heteroatoms. The van der Waals surface area contributed by atoms with Gasteiger partial charge in [-0.25, -0.2) is 0 Å². The summed E-state index contributed by atoms with van der Waals surface area (Å²) in [6.45, 7) is 8.38. The predicted octanol–water partition coefficient (Wildman–Crippen LogP) is 2.94. The van der Waals surface area contributed by atoms with E-state index in [0.717, 1.165) is 26.2 Å². The molecular formula is C18H28N2O. The second kappa shape index (κ2) is 6.91. The molecule has 1 heterocycles. The Morgan fingerprint density at radius 2 is 1.95 bits per heavy atom. The molecule has 0 radical (unpaired) electrons. The molecular weight excluding hydrogens is 260 g/mol. The van der Waals surface area contributed by atoms with Crippen molar-refractivity contribution in [1.82, 2.24) is 10.2 Å². The first-order chi connectivity index (χ1) is 10.2. The van der Waals surface area contributed by atoms with E-state index in [9.17, 15) is 0 Å². The number of ether oxygens (including phenoxy) is 1. The fraction of sp³-hybridized carbons (Fsp3) is 0.667. The fourth-order valence-electron chi connectivity index (χ4n) is 3.52. The highest BCUT2D eigenvalue weighted by Crippen LogP contribution is 2.30. The zero-order chi connectivity index (χ0) is 14.7. The van der Waals surface area contributed by atoms with Gasteiger partial charge in [-0.05, 0) is 30.4 Å². The zero-order valence-electron chi connectivity index (χ0n) is 13.3. The van der Waals surface area contributed by atoms with Crippen molar-refractivity contribution in [2.75, 3.05) is 13.2 Å². The zero-order valence-corrected chi connectivity index (χ0v) is 13.3. The monoisotopic (exact) mass is 288 g/mol. The van der Waals surface area contributed by atoms with Crippen LogP contribution in [0.25, 0.3) is 0 Å². The van der Waals surface area contributed by atoms with E-state index in [2.05, 4.69) is 48.3 Å². The first-order valence-corrected chi connectivity index (χ1v) is 8.39. The molecule has 0 spiro atoms. The van der Waals surface area contributed by atoms with Gasteiger partial charge >= 0.3 is 0 Å². The average molecular weight is 288 g/mol. The van der Waals surface area contributed by atoms with Gasteiger partial charge in [-0.15, -0.1) is 0 Å². The van der Waals surface area contributed by atoms with Gasteiger partial charge in [0, 0.05) is 31.7 Å². The van der Waals surface area contributed by atoms with Crippen LogP contribution in [0.2, 0.25) is 0 Å². The Labute approximate surface area is 128 Å². The van der Waals surface area contributed by atoms with Crippen molar-refractivity contribution in [3.8, 4) is 0 Å². The number of nitrogens with zero attached hydrogens (tertiary/aromatic N) is 1. The van der Waals surface area contributed by atoms with Crippen LogP contribution in [0.1, 0.15) is 44.2 Å². The molecule has 1 aromatic carbocycles. The van der Waals surface area contributed by atoms with Gasteiger partial charge in [0.1, 0.15) is 0 Å². The Balaban J connectivity index is 1.57. The maximum Gasteiger partial charge on any atom is 0.0731 e. The molecule has 1 N–H and O–H groups in total. The molecule has 116 valence electrons. The van der Waals surface area contributed by atoms with Gasteiger partial charge in [-0.3, -0.25) is 4.90 Å². The minimum atomic E-state index is 0.494. The molecule has 3 rings (SSSR count). The van der Waals surface area contributed by atoms with E-state index in [1.54, 1.807) is 0 Å². The number of hydrogen-bond acceptors (Lipinski definition) is 3. The topological polar surface area (TPSA) is 24.5 Å². The fourth-order valence-corrected chi connectivity index (χ4v) is 3.52. The van der Waals surface area contributed by atoms with Crippen LogP contribution in [-0.2, 0) is 17.8 Å². The summed E-state index contributed by atoms with van der Waals surface area (Å²) in [4.78, 5) is 2.63. The number of fused-ring (bicyclic) bond motifs is 1. The van der Waals surface area contributed by atoms with Crippen molar-refractivity contribution in [3.63, 3.8) is 0 Å². The quantitative estimate of drug-likeness (QED) is 0.901. The largest absolute Gasteiger partial charge is 0.375 e. The van der Waals surface area contributed by atoms with Gasteiger partial charge in [-0.2, -0.15) is 0 Å². The summed E-state index contributed by atoms with van der Waals surface area (Å²) in [5, 5.41) is 3.47. The summed E-state index contributed by atoms with van der Waals surface area (Å²) in [5.41, 5.74) is 2.80. The third-order valence-corrected chi connectivity index (χ3v) is 4.72. The molecule has 1 saturated heterocycles. The van der Waals surface area contributed by atoms with Gasteiger partial charge in [-0.1, -0.05) is 38.1 Å². The number of rotatable bonds is 5. The highest BCUT2D eigenvalue weighted by Gasteiger charge is 2.35. The molecule has 0 aromatic heterocycles. The summed E-state index contributed by atoms with van der Waals surface area (Å²) in [5.74, 6) is 0. The van der Waals surface area contributed by atoms with Crippen molar-refractivity contribution in [2.24, 2.45) is 0 Å². The van der Waals surface area contributed by atoms with Crippen LogP contribution < -0.4 is 5.32 Å². The lowest BCUT2D eigenvalue weighted by atomic mass is 10.1. The third-order valence-electron chi connectivity index (χ3n) is 4.72. The summed E-state index contributed by atoms with van der Waals surface area (Å²) >= 11 is 0. The van der Waals surface area contributed by atoms with Crippen LogP contribution in [0.4, 0.5) is 0 Å². The van der Waals surface area contributed by atoms with Crippen molar-refractivity contribution < 1.29 is 4.74 Å². The van der Waals surface area contributed by atoms with Gasteiger partial charge in [0.2, 0.25) is 0 Å². The first-order valence-electron chi connectivity index (χ1n) is 8.39. The van der Waals surface area contributed by atoms with E-state index in [1.165, 1.54) is 30.4 Å². The van der Waals surface area contributed by atoms with Gasteiger partial charge in [0.05, 0.1) is 12.7 Å². The molecule has 1 aliphatic carbocycles. The second-order valence-electron chi connectivity index (χ2n) is 6.73. The Bertz CT molecular complexity index is 443. The Morgan fingerprint density at radius 1 is 1.19 bits per heavy atom. The Morgan fingerprint density at radius 3 is 2.71 bits per heavy atom. The lowest BCUT2D eigenvalue weighted by molar-refractivity contribution is -0.0588. The summed E-state index contributed by atoms with van der Waals surface area (Å²) in [6, 6.07) is 10.3. The molecule has 2 aliphatic rings. The maximum atomic E-state index is 5.89. The molecule has 1 aromatic rings. The number of morpholine rings is 1. The molecule has 1 aliphatic heterocycles.